The second-order valence-corrected chi connectivity index (χ2v) is 4.80. The first-order chi connectivity index (χ1) is 8.60. The highest BCUT2D eigenvalue weighted by molar-refractivity contribution is 7.12. The Kier molecular flexibility index (Phi) is 5.38. The van der Waals surface area contributed by atoms with Crippen molar-refractivity contribution in [1.29, 1.82) is 5.26 Å². The molecule has 1 rings (SSSR count). The van der Waals surface area contributed by atoms with Crippen molar-refractivity contribution in [2.45, 2.75) is 6.92 Å². The molecule has 0 aliphatic heterocycles. The Morgan fingerprint density at radius 3 is 3.00 bits per heavy atom. The Balaban J connectivity index is 2.84. The Morgan fingerprint density at radius 2 is 2.39 bits per heavy atom. The number of carbonyl (C=O) groups excluding carboxylic acids is 1. The Bertz CT molecular complexity index is 518. The van der Waals surface area contributed by atoms with Crippen LogP contribution < -0.4 is 5.73 Å². The molecule has 1 amide bonds. The summed E-state index contributed by atoms with van der Waals surface area (Å²) in [7, 11) is 1.69. The number of hydrogen-bond acceptors (Lipinski definition) is 4. The summed E-state index contributed by atoms with van der Waals surface area (Å²) in [5.41, 5.74) is 6.01. The van der Waals surface area contributed by atoms with E-state index in [1.165, 1.54) is 11.3 Å². The van der Waals surface area contributed by atoms with Crippen LogP contribution in [0.15, 0.2) is 11.4 Å². The minimum Gasteiger partial charge on any atom is -0.340 e. The molecule has 0 aromatic carbocycles. The molecule has 1 heterocycles. The van der Waals surface area contributed by atoms with Crippen LogP contribution in [0.5, 0.6) is 0 Å². The van der Waals surface area contributed by atoms with E-state index in [1.807, 2.05) is 11.4 Å². The lowest BCUT2D eigenvalue weighted by Crippen LogP contribution is -2.30. The van der Waals surface area contributed by atoms with Gasteiger partial charge in [0.15, 0.2) is 0 Å². The van der Waals surface area contributed by atoms with E-state index >= 15 is 0 Å². The van der Waals surface area contributed by atoms with Gasteiger partial charge >= 0.3 is 0 Å². The summed E-state index contributed by atoms with van der Waals surface area (Å²) in [5.74, 6) is 5.33. The molecule has 94 valence electrons. The third-order valence-electron chi connectivity index (χ3n) is 2.30. The van der Waals surface area contributed by atoms with E-state index in [9.17, 15) is 4.79 Å². The highest BCUT2D eigenvalue weighted by atomic mass is 32.1. The fourth-order valence-corrected chi connectivity index (χ4v) is 2.27. The van der Waals surface area contributed by atoms with Crippen LogP contribution in [0.1, 0.15) is 22.2 Å². The number of rotatable bonds is 3. The van der Waals surface area contributed by atoms with Gasteiger partial charge in [0.05, 0.1) is 18.5 Å². The lowest BCUT2D eigenvalue weighted by Gasteiger charge is -2.17. The van der Waals surface area contributed by atoms with Crippen molar-refractivity contribution in [3.05, 3.63) is 21.9 Å². The van der Waals surface area contributed by atoms with Gasteiger partial charge < -0.3 is 10.6 Å². The molecular weight excluding hydrogens is 246 g/mol. The smallest absolute Gasteiger partial charge is 0.264 e. The number of amides is 1. The van der Waals surface area contributed by atoms with Crippen LogP contribution in [0.3, 0.4) is 0 Å². The molecule has 18 heavy (non-hydrogen) atoms. The van der Waals surface area contributed by atoms with Crippen molar-refractivity contribution in [2.75, 3.05) is 20.1 Å². The fourth-order valence-electron chi connectivity index (χ4n) is 1.43. The molecule has 0 bridgehead atoms. The first kappa shape index (κ1) is 14.2. The van der Waals surface area contributed by atoms with E-state index in [2.05, 4.69) is 17.9 Å². The summed E-state index contributed by atoms with van der Waals surface area (Å²) < 4.78 is 0. The molecule has 0 spiro atoms. The van der Waals surface area contributed by atoms with E-state index in [-0.39, 0.29) is 18.4 Å². The van der Waals surface area contributed by atoms with Gasteiger partial charge in [-0.25, -0.2) is 0 Å². The van der Waals surface area contributed by atoms with Crippen molar-refractivity contribution >= 4 is 17.2 Å². The first-order valence-corrected chi connectivity index (χ1v) is 6.39. The lowest BCUT2D eigenvalue weighted by atomic mass is 10.2. The van der Waals surface area contributed by atoms with Gasteiger partial charge in [0, 0.05) is 19.2 Å². The summed E-state index contributed by atoms with van der Waals surface area (Å²) in [4.78, 5) is 14.3. The first-order valence-electron chi connectivity index (χ1n) is 5.51. The SMILES string of the molecule is CC(C#N)CN(C)C(=O)c1sccc1C#CCN. The zero-order valence-electron chi connectivity index (χ0n) is 10.4. The molecule has 5 heteroatoms. The summed E-state index contributed by atoms with van der Waals surface area (Å²) >= 11 is 1.35. The third-order valence-corrected chi connectivity index (χ3v) is 3.20. The van der Waals surface area contributed by atoms with Crippen molar-refractivity contribution in [2.24, 2.45) is 11.7 Å². The number of nitriles is 1. The van der Waals surface area contributed by atoms with Crippen LogP contribution in [0.2, 0.25) is 0 Å². The molecule has 2 N–H and O–H groups in total. The maximum atomic E-state index is 12.2. The van der Waals surface area contributed by atoms with Crippen molar-refractivity contribution < 1.29 is 4.79 Å². The minimum absolute atomic E-state index is 0.103. The Labute approximate surface area is 111 Å². The average molecular weight is 261 g/mol. The van der Waals surface area contributed by atoms with Crippen LogP contribution in [0, 0.1) is 29.1 Å². The summed E-state index contributed by atoms with van der Waals surface area (Å²) in [6.45, 7) is 2.47. The second-order valence-electron chi connectivity index (χ2n) is 3.89. The molecule has 1 unspecified atom stereocenters. The van der Waals surface area contributed by atoms with Gasteiger partial charge in [-0.1, -0.05) is 11.8 Å². The predicted molar refractivity (Wildman–Crippen MR) is 72.0 cm³/mol. The number of nitrogens with zero attached hydrogens (tertiary/aromatic N) is 2. The van der Waals surface area contributed by atoms with Crippen LogP contribution >= 0.6 is 11.3 Å². The predicted octanol–water partition coefficient (Wildman–Crippen LogP) is 1.29. The van der Waals surface area contributed by atoms with E-state index < -0.39 is 0 Å². The van der Waals surface area contributed by atoms with Gasteiger partial charge in [-0.15, -0.1) is 11.3 Å². The number of carbonyl (C=O) groups is 1. The van der Waals surface area contributed by atoms with E-state index in [4.69, 9.17) is 11.0 Å². The lowest BCUT2D eigenvalue weighted by molar-refractivity contribution is 0.0789. The Hall–Kier alpha value is -1.82. The molecule has 0 saturated heterocycles. The van der Waals surface area contributed by atoms with Crippen LogP contribution in [0.25, 0.3) is 0 Å². The molecule has 1 atom stereocenters. The van der Waals surface area contributed by atoms with E-state index in [1.54, 1.807) is 18.9 Å². The highest BCUT2D eigenvalue weighted by Crippen LogP contribution is 2.18. The molecule has 1 aromatic heterocycles. The van der Waals surface area contributed by atoms with Gasteiger partial charge in [0.25, 0.3) is 5.91 Å². The number of hydrogen-bond donors (Lipinski definition) is 1. The summed E-state index contributed by atoms with van der Waals surface area (Å²) in [6.07, 6.45) is 0. The summed E-state index contributed by atoms with van der Waals surface area (Å²) in [6, 6.07) is 3.92. The fraction of sp³-hybridized carbons (Fsp3) is 0.385. The standard InChI is InChI=1S/C13H15N3OS/c1-10(8-15)9-16(2)13(17)12-11(4-3-6-14)5-7-18-12/h5,7,10H,6,9,14H2,1-2H3. The van der Waals surface area contributed by atoms with Crippen LogP contribution in [-0.2, 0) is 0 Å². The van der Waals surface area contributed by atoms with Gasteiger partial charge in [-0.2, -0.15) is 5.26 Å². The maximum absolute atomic E-state index is 12.2. The quantitative estimate of drug-likeness (QED) is 0.833. The highest BCUT2D eigenvalue weighted by Gasteiger charge is 2.18. The minimum atomic E-state index is -0.183. The topological polar surface area (TPSA) is 70.1 Å². The molecule has 0 aliphatic carbocycles. The maximum Gasteiger partial charge on any atom is 0.264 e. The number of thiophene rings is 1. The number of nitrogens with two attached hydrogens (primary N) is 1. The zero-order chi connectivity index (χ0) is 13.5. The molecule has 1 aromatic rings. The molecular formula is C13H15N3OS. The van der Waals surface area contributed by atoms with Gasteiger partial charge in [0.1, 0.15) is 4.88 Å². The Morgan fingerprint density at radius 1 is 1.67 bits per heavy atom. The van der Waals surface area contributed by atoms with Crippen molar-refractivity contribution in [3.63, 3.8) is 0 Å². The molecule has 0 radical (unpaired) electrons. The van der Waals surface area contributed by atoms with E-state index in [0.717, 1.165) is 0 Å². The second kappa shape index (κ2) is 6.80. The van der Waals surface area contributed by atoms with Crippen molar-refractivity contribution in [1.82, 2.24) is 4.90 Å². The summed E-state index contributed by atoms with van der Waals surface area (Å²) in [5, 5.41) is 10.6. The van der Waals surface area contributed by atoms with Gasteiger partial charge in [0.2, 0.25) is 0 Å². The molecule has 4 nitrogen and oxygen atoms in total. The monoisotopic (exact) mass is 261 g/mol. The third kappa shape index (κ3) is 3.59. The average Bonchev–Trinajstić information content (AvgIpc) is 2.83. The largest absolute Gasteiger partial charge is 0.340 e. The van der Waals surface area contributed by atoms with E-state index in [0.29, 0.717) is 17.0 Å². The molecule has 0 saturated carbocycles. The van der Waals surface area contributed by atoms with Gasteiger partial charge in [-0.05, 0) is 18.4 Å². The van der Waals surface area contributed by atoms with Crippen LogP contribution in [-0.4, -0.2) is 30.9 Å². The molecule has 0 fully saturated rings. The van der Waals surface area contributed by atoms with Gasteiger partial charge in [-0.3, -0.25) is 4.79 Å². The zero-order valence-corrected chi connectivity index (χ0v) is 11.3. The van der Waals surface area contributed by atoms with Crippen LogP contribution in [0.4, 0.5) is 0 Å². The molecule has 0 aliphatic rings. The normalized spacial score (nSPS) is 11.0. The van der Waals surface area contributed by atoms with Crippen molar-refractivity contribution in [3.8, 4) is 17.9 Å².